The van der Waals surface area contributed by atoms with Crippen LogP contribution in [-0.4, -0.2) is 106 Å². The molecule has 11 heteroatoms. The number of carbonyl (C=O) groups is 4. The smallest absolute Gasteiger partial charge is 0.257 e. The number of nitrogens with zero attached hydrogens (tertiary/aromatic N) is 5. The molecule has 1 aromatic heterocycles. The predicted molar refractivity (Wildman–Crippen MR) is 202 cm³/mol. The van der Waals surface area contributed by atoms with Gasteiger partial charge in [0, 0.05) is 63.4 Å². The Labute approximate surface area is 315 Å². The molecule has 5 aliphatic rings. The average Bonchev–Trinajstić information content (AvgIpc) is 3.42. The Hall–Kier alpha value is -3.73. The Balaban J connectivity index is 1.10. The maximum Gasteiger partial charge on any atom is 0.257 e. The molecule has 3 aliphatic heterocycles. The summed E-state index contributed by atoms with van der Waals surface area (Å²) in [4.78, 5) is 62.0. The van der Waals surface area contributed by atoms with Crippen molar-refractivity contribution in [1.29, 1.82) is 0 Å². The standard InChI is InChI=1S/C42H60N6O5/c1-28-16-29(2)20-45(19-28)40(52)36(30(3)53-24-32-14-10-7-11-15-32)44-37(49)35-23-46(25-42(35)26-47(27-42)39(51)34-17-41(34,4)5)38(50)33-18-43-48(22-33)21-31-12-8-6-9-13-31/h6,8-9,12-13,18,22,28-30,32,34-36H,7,10-11,14-17,19-21,23-27H2,1-5H3,(H,44,49)/t28-,29+,30-,34-,35?,36+/m1/s1. The molecule has 1 N–H and O–H groups in total. The summed E-state index contributed by atoms with van der Waals surface area (Å²) in [7, 11) is 0. The van der Waals surface area contributed by atoms with Crippen molar-refractivity contribution in [2.75, 3.05) is 45.9 Å². The molecule has 53 heavy (non-hydrogen) atoms. The third kappa shape index (κ3) is 8.20. The predicted octanol–water partition coefficient (Wildman–Crippen LogP) is 4.85. The molecule has 3 saturated heterocycles. The van der Waals surface area contributed by atoms with Crippen LogP contribution in [0.25, 0.3) is 0 Å². The van der Waals surface area contributed by atoms with E-state index in [1.807, 2.05) is 47.1 Å². The maximum atomic E-state index is 14.6. The monoisotopic (exact) mass is 728 g/mol. The summed E-state index contributed by atoms with van der Waals surface area (Å²) in [6.45, 7) is 14.4. The molecular formula is C42H60N6O5. The second-order valence-corrected chi connectivity index (χ2v) is 18.2. The minimum atomic E-state index is -0.841. The molecule has 2 saturated carbocycles. The summed E-state index contributed by atoms with van der Waals surface area (Å²) < 4.78 is 8.20. The quantitative estimate of drug-likeness (QED) is 0.354. The van der Waals surface area contributed by atoms with Gasteiger partial charge in [-0.05, 0) is 61.3 Å². The summed E-state index contributed by atoms with van der Waals surface area (Å²) >= 11 is 0. The number of carbonyl (C=O) groups excluding carboxylic acids is 4. The second-order valence-electron chi connectivity index (χ2n) is 18.2. The van der Waals surface area contributed by atoms with Gasteiger partial charge in [0.05, 0.1) is 30.3 Å². The third-order valence-electron chi connectivity index (χ3n) is 13.0. The lowest BCUT2D eigenvalue weighted by atomic mass is 9.70. The lowest BCUT2D eigenvalue weighted by molar-refractivity contribution is -0.153. The van der Waals surface area contributed by atoms with Crippen molar-refractivity contribution in [1.82, 2.24) is 29.8 Å². The number of nitrogens with one attached hydrogen (secondary N) is 1. The normalized spacial score (nSPS) is 27.6. The highest BCUT2D eigenvalue weighted by Gasteiger charge is 2.62. The molecule has 0 bridgehead atoms. The van der Waals surface area contributed by atoms with Crippen molar-refractivity contribution >= 4 is 23.6 Å². The van der Waals surface area contributed by atoms with E-state index < -0.39 is 23.5 Å². The van der Waals surface area contributed by atoms with Crippen molar-refractivity contribution in [3.8, 4) is 0 Å². The molecule has 6 atom stereocenters. The van der Waals surface area contributed by atoms with Crippen molar-refractivity contribution in [3.05, 3.63) is 53.9 Å². The third-order valence-corrected chi connectivity index (χ3v) is 13.0. The van der Waals surface area contributed by atoms with Gasteiger partial charge in [-0.1, -0.05) is 77.3 Å². The average molecular weight is 729 g/mol. The highest BCUT2D eigenvalue weighted by Crippen LogP contribution is 2.54. The van der Waals surface area contributed by atoms with Crippen LogP contribution < -0.4 is 5.32 Å². The molecule has 4 amide bonds. The zero-order valence-electron chi connectivity index (χ0n) is 32.5. The van der Waals surface area contributed by atoms with E-state index in [9.17, 15) is 19.2 Å². The number of aromatic nitrogens is 2. The van der Waals surface area contributed by atoms with Gasteiger partial charge in [-0.3, -0.25) is 23.9 Å². The first-order valence-corrected chi connectivity index (χ1v) is 20.2. The van der Waals surface area contributed by atoms with Crippen LogP contribution in [0.3, 0.4) is 0 Å². The highest BCUT2D eigenvalue weighted by atomic mass is 16.5. The van der Waals surface area contributed by atoms with Crippen LogP contribution in [-0.2, 0) is 25.7 Å². The topological polar surface area (TPSA) is 117 Å². The van der Waals surface area contributed by atoms with Crippen molar-refractivity contribution in [2.45, 2.75) is 98.3 Å². The van der Waals surface area contributed by atoms with Gasteiger partial charge >= 0.3 is 0 Å². The fraction of sp³-hybridized carbons (Fsp3) is 0.690. The van der Waals surface area contributed by atoms with Gasteiger partial charge in [0.1, 0.15) is 6.04 Å². The van der Waals surface area contributed by atoms with E-state index in [0.29, 0.717) is 69.2 Å². The number of hydrogen-bond acceptors (Lipinski definition) is 6. The molecule has 1 unspecified atom stereocenters. The molecule has 2 aliphatic carbocycles. The summed E-state index contributed by atoms with van der Waals surface area (Å²) in [5.41, 5.74) is 0.954. The largest absolute Gasteiger partial charge is 0.376 e. The Morgan fingerprint density at radius 1 is 0.906 bits per heavy atom. The van der Waals surface area contributed by atoms with E-state index in [-0.39, 0.29) is 41.5 Å². The first kappa shape index (κ1) is 37.6. The zero-order chi connectivity index (χ0) is 37.5. The Kier molecular flexibility index (Phi) is 10.8. The van der Waals surface area contributed by atoms with E-state index >= 15 is 0 Å². The van der Waals surface area contributed by atoms with Crippen molar-refractivity contribution in [2.24, 2.45) is 40.4 Å². The molecule has 1 aromatic carbocycles. The van der Waals surface area contributed by atoms with Gasteiger partial charge in [0.25, 0.3) is 5.91 Å². The van der Waals surface area contributed by atoms with E-state index in [1.54, 1.807) is 22.0 Å². The first-order valence-electron chi connectivity index (χ1n) is 20.2. The van der Waals surface area contributed by atoms with Crippen LogP contribution in [0.4, 0.5) is 0 Å². The minimum Gasteiger partial charge on any atom is -0.376 e. The highest BCUT2D eigenvalue weighted by molar-refractivity contribution is 5.96. The number of ether oxygens (including phenoxy) is 1. The fourth-order valence-electron chi connectivity index (χ4n) is 9.71. The Morgan fingerprint density at radius 2 is 1.57 bits per heavy atom. The summed E-state index contributed by atoms with van der Waals surface area (Å²) in [5.74, 6) is 0.255. The maximum absolute atomic E-state index is 14.6. The molecule has 0 radical (unpaired) electrons. The van der Waals surface area contributed by atoms with Crippen LogP contribution in [0.2, 0.25) is 0 Å². The summed E-state index contributed by atoms with van der Waals surface area (Å²) in [6, 6.07) is 9.13. The van der Waals surface area contributed by atoms with Crippen LogP contribution in [0.5, 0.6) is 0 Å². The van der Waals surface area contributed by atoms with Crippen LogP contribution in [0.1, 0.15) is 95.5 Å². The van der Waals surface area contributed by atoms with E-state index in [0.717, 1.165) is 31.2 Å². The molecule has 2 aromatic rings. The lowest BCUT2D eigenvalue weighted by Crippen LogP contribution is -2.65. The van der Waals surface area contributed by atoms with Gasteiger partial charge in [-0.25, -0.2) is 0 Å². The van der Waals surface area contributed by atoms with Gasteiger partial charge in [-0.15, -0.1) is 0 Å². The molecule has 11 nitrogen and oxygen atoms in total. The van der Waals surface area contributed by atoms with Crippen LogP contribution in [0.15, 0.2) is 42.7 Å². The van der Waals surface area contributed by atoms with Crippen molar-refractivity contribution in [3.63, 3.8) is 0 Å². The summed E-state index contributed by atoms with van der Waals surface area (Å²) in [5, 5.41) is 7.68. The molecule has 288 valence electrons. The fourth-order valence-corrected chi connectivity index (χ4v) is 9.71. The Morgan fingerprint density at radius 3 is 2.23 bits per heavy atom. The number of benzene rings is 1. The Bertz CT molecular complexity index is 1640. The van der Waals surface area contributed by atoms with E-state index in [4.69, 9.17) is 4.74 Å². The molecule has 1 spiro atoms. The van der Waals surface area contributed by atoms with E-state index in [1.165, 1.54) is 19.3 Å². The molecule has 4 heterocycles. The minimum absolute atomic E-state index is 0.000193. The second kappa shape index (κ2) is 15.2. The number of likely N-dealkylation sites (tertiary alicyclic amines) is 3. The van der Waals surface area contributed by atoms with Crippen LogP contribution in [0, 0.1) is 40.4 Å². The number of rotatable bonds is 11. The van der Waals surface area contributed by atoms with Gasteiger partial charge in [-0.2, -0.15) is 5.10 Å². The SMILES string of the molecule is C[C@@H]1C[C@H](C)CN(C(=O)[C@@H](NC(=O)C2CN(C(=O)c3cnn(Cc4ccccc4)c3)CC23CN(C(=O)[C@H]2CC2(C)C)C3)[C@@H](C)OCC2CCCCC2)C1. The molecule has 7 rings (SSSR count). The zero-order valence-corrected chi connectivity index (χ0v) is 32.5. The first-order chi connectivity index (χ1) is 25.3. The molecular weight excluding hydrogens is 668 g/mol. The number of piperidine rings is 1. The number of hydrogen-bond donors (Lipinski definition) is 1. The summed E-state index contributed by atoms with van der Waals surface area (Å²) in [6.07, 6.45) is 10.7. The molecule has 5 fully saturated rings. The number of amides is 4. The van der Waals surface area contributed by atoms with Crippen molar-refractivity contribution < 1.29 is 23.9 Å². The van der Waals surface area contributed by atoms with Gasteiger partial charge in [0.2, 0.25) is 17.7 Å². The van der Waals surface area contributed by atoms with E-state index in [2.05, 4.69) is 38.1 Å². The van der Waals surface area contributed by atoms with Crippen LogP contribution >= 0.6 is 0 Å². The lowest BCUT2D eigenvalue weighted by Gasteiger charge is -2.50. The van der Waals surface area contributed by atoms with Gasteiger partial charge < -0.3 is 24.8 Å². The van der Waals surface area contributed by atoms with Gasteiger partial charge in [0.15, 0.2) is 0 Å².